The van der Waals surface area contributed by atoms with Crippen LogP contribution in [-0.2, 0) is 0 Å². The summed E-state index contributed by atoms with van der Waals surface area (Å²) in [5, 5.41) is 4.41. The Labute approximate surface area is 178 Å². The summed E-state index contributed by atoms with van der Waals surface area (Å²) in [6.45, 7) is 8.27. The molecule has 2 heterocycles. The molecule has 0 aromatic heterocycles. The molecule has 4 rings (SSSR count). The van der Waals surface area contributed by atoms with Gasteiger partial charge in [-0.25, -0.2) is 5.01 Å². The summed E-state index contributed by atoms with van der Waals surface area (Å²) in [4.78, 5) is 4.03. The van der Waals surface area contributed by atoms with Crippen molar-refractivity contribution in [1.82, 2.24) is 9.91 Å². The molecule has 0 saturated carbocycles. The molecule has 0 unspecified atom stereocenters. The molecule has 0 spiro atoms. The molecule has 2 atom stereocenters. The molecule has 2 aromatic carbocycles. The molecule has 0 aliphatic carbocycles. The van der Waals surface area contributed by atoms with E-state index < -0.39 is 5.41 Å². The zero-order valence-corrected chi connectivity index (χ0v) is 18.1. The highest BCUT2D eigenvalue weighted by Crippen LogP contribution is 2.53. The molecule has 1 saturated heterocycles. The summed E-state index contributed by atoms with van der Waals surface area (Å²) >= 11 is 12.2. The SMILES string of the molecule is CCN(CC)C(=S)[C@]1(C)C(=S)N(c2ccccc2)N2C=Cc3ccccc3[C@@H]21. The second-order valence-corrected chi connectivity index (χ2v) is 8.13. The Bertz CT molecular complexity index is 936. The third-order valence-electron chi connectivity index (χ3n) is 5.87. The van der Waals surface area contributed by atoms with Gasteiger partial charge in [-0.3, -0.25) is 5.01 Å². The van der Waals surface area contributed by atoms with Gasteiger partial charge in [0.15, 0.2) is 0 Å². The Morgan fingerprint density at radius 1 is 1.04 bits per heavy atom. The van der Waals surface area contributed by atoms with Crippen LogP contribution >= 0.6 is 24.4 Å². The van der Waals surface area contributed by atoms with Gasteiger partial charge in [0.05, 0.1) is 22.1 Å². The lowest BCUT2D eigenvalue weighted by molar-refractivity contribution is 0.260. The van der Waals surface area contributed by atoms with Crippen LogP contribution in [0.2, 0.25) is 0 Å². The number of hydrogen-bond acceptors (Lipinski definition) is 3. The van der Waals surface area contributed by atoms with Gasteiger partial charge in [0.25, 0.3) is 0 Å². The number of fused-ring (bicyclic) bond motifs is 3. The van der Waals surface area contributed by atoms with E-state index in [9.17, 15) is 0 Å². The Balaban J connectivity index is 1.91. The van der Waals surface area contributed by atoms with Gasteiger partial charge in [0.2, 0.25) is 0 Å². The van der Waals surface area contributed by atoms with E-state index in [1.807, 2.05) is 18.2 Å². The lowest BCUT2D eigenvalue weighted by atomic mass is 9.76. The summed E-state index contributed by atoms with van der Waals surface area (Å²) in [5.41, 5.74) is 3.10. The summed E-state index contributed by atoms with van der Waals surface area (Å²) < 4.78 is 0. The molecular formula is C23H25N3S2. The van der Waals surface area contributed by atoms with Gasteiger partial charge in [-0.05, 0) is 50.1 Å². The van der Waals surface area contributed by atoms with Crippen LogP contribution in [0.25, 0.3) is 6.08 Å². The van der Waals surface area contributed by atoms with E-state index in [4.69, 9.17) is 24.4 Å². The highest BCUT2D eigenvalue weighted by Gasteiger charge is 2.57. The van der Waals surface area contributed by atoms with Crippen molar-refractivity contribution < 1.29 is 0 Å². The van der Waals surface area contributed by atoms with Crippen molar-refractivity contribution in [3.63, 3.8) is 0 Å². The Hall–Kier alpha value is -2.24. The molecule has 2 aliphatic heterocycles. The second-order valence-electron chi connectivity index (χ2n) is 7.36. The molecule has 0 N–H and O–H groups in total. The maximum atomic E-state index is 6.13. The van der Waals surface area contributed by atoms with Crippen molar-refractivity contribution >= 4 is 46.2 Å². The Morgan fingerprint density at radius 2 is 1.68 bits per heavy atom. The van der Waals surface area contributed by atoms with Crippen LogP contribution in [0.5, 0.6) is 0 Å². The fourth-order valence-electron chi connectivity index (χ4n) is 4.36. The summed E-state index contributed by atoms with van der Waals surface area (Å²) in [5.74, 6) is 0. The van der Waals surface area contributed by atoms with Crippen LogP contribution in [0.3, 0.4) is 0 Å². The van der Waals surface area contributed by atoms with Crippen LogP contribution in [0.15, 0.2) is 60.8 Å². The standard InChI is InChI=1S/C23H25N3S2/c1-4-24(5-2)21(27)23(3)20-19-14-10-9-11-17(19)15-16-25(20)26(22(23)28)18-12-7-6-8-13-18/h6-16,20H,4-5H2,1-3H3/t20-,23-/m1/s1. The molecule has 0 amide bonds. The number of rotatable bonds is 4. The number of para-hydroxylation sites is 1. The zero-order valence-electron chi connectivity index (χ0n) is 16.5. The minimum absolute atomic E-state index is 0.0366. The first-order valence-electron chi connectivity index (χ1n) is 9.78. The van der Waals surface area contributed by atoms with Crippen molar-refractivity contribution in [3.8, 4) is 0 Å². The van der Waals surface area contributed by atoms with E-state index in [1.165, 1.54) is 11.1 Å². The number of benzene rings is 2. The van der Waals surface area contributed by atoms with Gasteiger partial charge in [-0.1, -0.05) is 66.9 Å². The van der Waals surface area contributed by atoms with Gasteiger partial charge in [0.1, 0.15) is 4.99 Å². The first kappa shape index (κ1) is 19.1. The topological polar surface area (TPSA) is 9.72 Å². The molecule has 5 heteroatoms. The Morgan fingerprint density at radius 3 is 2.36 bits per heavy atom. The number of nitrogens with zero attached hydrogens (tertiary/aromatic N) is 3. The third kappa shape index (κ3) is 2.68. The smallest absolute Gasteiger partial charge is 0.118 e. The molecule has 0 bridgehead atoms. The molecule has 144 valence electrons. The molecule has 3 nitrogen and oxygen atoms in total. The maximum Gasteiger partial charge on any atom is 0.118 e. The van der Waals surface area contributed by atoms with Crippen LogP contribution in [-0.4, -0.2) is 33.0 Å². The van der Waals surface area contributed by atoms with E-state index in [0.717, 1.165) is 28.8 Å². The van der Waals surface area contributed by atoms with Gasteiger partial charge in [-0.2, -0.15) is 0 Å². The minimum Gasteiger partial charge on any atom is -0.366 e. The van der Waals surface area contributed by atoms with Crippen molar-refractivity contribution in [3.05, 3.63) is 71.9 Å². The molecular weight excluding hydrogens is 382 g/mol. The lowest BCUT2D eigenvalue weighted by Crippen LogP contribution is -2.47. The molecule has 2 aliphatic rings. The average Bonchev–Trinajstić information content (AvgIpc) is 2.97. The normalized spacial score (nSPS) is 22.8. The van der Waals surface area contributed by atoms with Gasteiger partial charge in [0, 0.05) is 19.3 Å². The van der Waals surface area contributed by atoms with Crippen LogP contribution < -0.4 is 5.01 Å². The second kappa shape index (κ2) is 7.30. The van der Waals surface area contributed by atoms with Crippen molar-refractivity contribution in [1.29, 1.82) is 0 Å². The molecule has 0 radical (unpaired) electrons. The number of anilines is 1. The number of hydrogen-bond donors (Lipinski definition) is 0. The first-order chi connectivity index (χ1) is 13.5. The zero-order chi connectivity index (χ0) is 19.9. The van der Waals surface area contributed by atoms with Crippen LogP contribution in [0.1, 0.15) is 37.9 Å². The lowest BCUT2D eigenvalue weighted by Gasteiger charge is -2.40. The van der Waals surface area contributed by atoms with E-state index in [-0.39, 0.29) is 6.04 Å². The van der Waals surface area contributed by atoms with Crippen molar-refractivity contribution in [2.24, 2.45) is 5.41 Å². The molecule has 2 aromatic rings. The highest BCUT2D eigenvalue weighted by molar-refractivity contribution is 7.82. The fourth-order valence-corrected chi connectivity index (χ4v) is 5.30. The summed E-state index contributed by atoms with van der Waals surface area (Å²) in [6.07, 6.45) is 4.30. The predicted molar refractivity (Wildman–Crippen MR) is 125 cm³/mol. The maximum absolute atomic E-state index is 6.13. The Kier molecular flexibility index (Phi) is 4.98. The quantitative estimate of drug-likeness (QED) is 0.622. The summed E-state index contributed by atoms with van der Waals surface area (Å²) in [6, 6.07) is 18.9. The summed E-state index contributed by atoms with van der Waals surface area (Å²) in [7, 11) is 0. The number of hydrazine groups is 1. The van der Waals surface area contributed by atoms with E-state index in [0.29, 0.717) is 0 Å². The van der Waals surface area contributed by atoms with Gasteiger partial charge >= 0.3 is 0 Å². The highest BCUT2D eigenvalue weighted by atomic mass is 32.1. The van der Waals surface area contributed by atoms with Gasteiger partial charge < -0.3 is 4.90 Å². The monoisotopic (exact) mass is 407 g/mol. The first-order valence-corrected chi connectivity index (χ1v) is 10.6. The van der Waals surface area contributed by atoms with Crippen LogP contribution in [0, 0.1) is 5.41 Å². The largest absolute Gasteiger partial charge is 0.366 e. The van der Waals surface area contributed by atoms with E-state index in [1.54, 1.807) is 0 Å². The average molecular weight is 408 g/mol. The molecule has 28 heavy (non-hydrogen) atoms. The van der Waals surface area contributed by atoms with Crippen molar-refractivity contribution in [2.45, 2.75) is 26.8 Å². The van der Waals surface area contributed by atoms with E-state index >= 15 is 0 Å². The third-order valence-corrected chi connectivity index (χ3v) is 7.15. The fraction of sp³-hybridized carbons (Fsp3) is 0.304. The van der Waals surface area contributed by atoms with Gasteiger partial charge in [-0.15, -0.1) is 0 Å². The van der Waals surface area contributed by atoms with Crippen LogP contribution in [0.4, 0.5) is 5.69 Å². The molecule has 1 fully saturated rings. The minimum atomic E-state index is -0.465. The van der Waals surface area contributed by atoms with E-state index in [2.05, 4.69) is 84.4 Å². The van der Waals surface area contributed by atoms with Crippen molar-refractivity contribution in [2.75, 3.05) is 18.1 Å². The number of thiocarbonyl (C=S) groups is 2. The predicted octanol–water partition coefficient (Wildman–Crippen LogP) is 5.45.